The molecule has 1 aromatic heterocycles. The van der Waals surface area contributed by atoms with Gasteiger partial charge < -0.3 is 5.32 Å². The quantitative estimate of drug-likeness (QED) is 0.593. The average molecular weight is 423 g/mol. The van der Waals surface area contributed by atoms with E-state index >= 15 is 0 Å². The van der Waals surface area contributed by atoms with Crippen LogP contribution in [0, 0.1) is 5.41 Å². The number of ketones is 1. The molecule has 6 rings (SSSR count). The highest BCUT2D eigenvalue weighted by Crippen LogP contribution is 2.57. The molecule has 3 aliphatic rings. The number of fused-ring (bicyclic) bond motifs is 2. The average Bonchev–Trinajstić information content (AvgIpc) is 3.18. The van der Waals surface area contributed by atoms with E-state index in [2.05, 4.69) is 16.4 Å². The predicted octanol–water partition coefficient (Wildman–Crippen LogP) is 5.65. The highest BCUT2D eigenvalue weighted by molar-refractivity contribution is 7.14. The molecule has 3 aromatic rings. The van der Waals surface area contributed by atoms with Crippen molar-refractivity contribution >= 4 is 39.8 Å². The summed E-state index contributed by atoms with van der Waals surface area (Å²) in [5, 5.41) is 6.13. The zero-order valence-corrected chi connectivity index (χ0v) is 17.4. The summed E-state index contributed by atoms with van der Waals surface area (Å²) in [4.78, 5) is 30.4. The minimum atomic E-state index is -0.630. The number of anilines is 1. The highest BCUT2D eigenvalue weighted by Gasteiger charge is 2.54. The van der Waals surface area contributed by atoms with Crippen LogP contribution < -0.4 is 5.32 Å². The van der Waals surface area contributed by atoms with Gasteiger partial charge in [0, 0.05) is 34.2 Å². The Bertz CT molecular complexity index is 1140. The van der Waals surface area contributed by atoms with E-state index in [-0.39, 0.29) is 23.5 Å². The molecule has 1 heterocycles. The van der Waals surface area contributed by atoms with Gasteiger partial charge in [-0.15, -0.1) is 11.3 Å². The van der Waals surface area contributed by atoms with E-state index in [9.17, 15) is 9.59 Å². The molecule has 2 bridgehead atoms. The molecule has 1 saturated carbocycles. The van der Waals surface area contributed by atoms with Crippen LogP contribution in [-0.4, -0.2) is 16.7 Å². The smallest absolute Gasteiger partial charge is 0.232 e. The topological polar surface area (TPSA) is 59.1 Å². The number of carbonyl (C=O) groups is 2. The van der Waals surface area contributed by atoms with Crippen molar-refractivity contribution in [3.05, 3.63) is 70.1 Å². The van der Waals surface area contributed by atoms with Gasteiger partial charge in [-0.3, -0.25) is 9.59 Å². The van der Waals surface area contributed by atoms with Crippen LogP contribution in [0.3, 0.4) is 0 Å². The third-order valence-corrected chi connectivity index (χ3v) is 7.29. The molecule has 4 nitrogen and oxygen atoms in total. The lowest BCUT2D eigenvalue weighted by Crippen LogP contribution is -2.49. The number of aromatic nitrogens is 1. The van der Waals surface area contributed by atoms with E-state index in [1.807, 2.05) is 54.8 Å². The minimum absolute atomic E-state index is 0.0681. The lowest BCUT2D eigenvalue weighted by molar-refractivity contribution is -0.134. The number of halogens is 1. The normalized spacial score (nSPS) is 25.0. The number of hydrogen-bond acceptors (Lipinski definition) is 4. The Morgan fingerprint density at radius 3 is 2.79 bits per heavy atom. The van der Waals surface area contributed by atoms with Gasteiger partial charge in [0.1, 0.15) is 5.78 Å². The van der Waals surface area contributed by atoms with E-state index < -0.39 is 5.41 Å². The van der Waals surface area contributed by atoms with Gasteiger partial charge >= 0.3 is 0 Å². The monoisotopic (exact) mass is 422 g/mol. The maximum absolute atomic E-state index is 13.3. The number of amides is 1. The third kappa shape index (κ3) is 3.00. The van der Waals surface area contributed by atoms with Crippen molar-refractivity contribution in [3.63, 3.8) is 0 Å². The van der Waals surface area contributed by atoms with Gasteiger partial charge in [0.2, 0.25) is 5.91 Å². The first-order valence-electron chi connectivity index (χ1n) is 9.60. The lowest BCUT2D eigenvalue weighted by Gasteiger charge is -2.48. The second-order valence-corrected chi connectivity index (χ2v) is 9.32. The Balaban J connectivity index is 1.41. The van der Waals surface area contributed by atoms with Crippen LogP contribution in [0.5, 0.6) is 0 Å². The van der Waals surface area contributed by atoms with Crippen LogP contribution in [-0.2, 0) is 9.59 Å². The molecule has 3 aliphatic carbocycles. The molecular weight excluding hydrogens is 404 g/mol. The maximum Gasteiger partial charge on any atom is 0.232 e. The standard InChI is InChI=1S/C23H19ClN2O2S/c1-23(11-17-15-7-2-3-8-16(15)18(23)10-20(17)27)21(28)26-22-25-19(12-29-22)13-5-4-6-14(24)9-13/h2-9,12,17-18H,10-11H2,1H3,(H,25,26,28). The Kier molecular flexibility index (Phi) is 4.33. The van der Waals surface area contributed by atoms with Gasteiger partial charge in [-0.25, -0.2) is 4.98 Å². The Hall–Kier alpha value is -2.50. The maximum atomic E-state index is 13.3. The van der Waals surface area contributed by atoms with Crippen molar-refractivity contribution in [1.29, 1.82) is 0 Å². The Labute approximate surface area is 177 Å². The summed E-state index contributed by atoms with van der Waals surface area (Å²) in [5.74, 6) is -0.105. The van der Waals surface area contributed by atoms with Gasteiger partial charge in [-0.1, -0.05) is 54.9 Å². The SMILES string of the molecule is CC1(C(=O)Nc2nc(-c3cccc(Cl)c3)cs2)CC2C(=O)CC1c1ccccc12. The summed E-state index contributed by atoms with van der Waals surface area (Å²) in [6.45, 7) is 1.98. The van der Waals surface area contributed by atoms with Crippen LogP contribution >= 0.6 is 22.9 Å². The number of hydrogen-bond donors (Lipinski definition) is 1. The summed E-state index contributed by atoms with van der Waals surface area (Å²) in [7, 11) is 0. The van der Waals surface area contributed by atoms with Crippen LogP contribution in [0.25, 0.3) is 11.3 Å². The molecule has 1 fully saturated rings. The number of thiazole rings is 1. The number of nitrogens with zero attached hydrogens (tertiary/aromatic N) is 1. The van der Waals surface area contributed by atoms with Crippen LogP contribution in [0.4, 0.5) is 5.13 Å². The number of nitrogens with one attached hydrogen (secondary N) is 1. The van der Waals surface area contributed by atoms with Gasteiger partial charge in [0.05, 0.1) is 11.1 Å². The number of rotatable bonds is 3. The van der Waals surface area contributed by atoms with Crippen molar-refractivity contribution in [1.82, 2.24) is 4.98 Å². The van der Waals surface area contributed by atoms with Gasteiger partial charge in [0.25, 0.3) is 0 Å². The zero-order valence-electron chi connectivity index (χ0n) is 15.8. The van der Waals surface area contributed by atoms with Crippen LogP contribution in [0.2, 0.25) is 5.02 Å². The van der Waals surface area contributed by atoms with E-state index in [1.165, 1.54) is 11.3 Å². The fraction of sp³-hybridized carbons (Fsp3) is 0.261. The first-order chi connectivity index (χ1) is 14.0. The third-order valence-electron chi connectivity index (χ3n) is 6.30. The molecule has 0 radical (unpaired) electrons. The van der Waals surface area contributed by atoms with Crippen molar-refractivity contribution in [2.24, 2.45) is 5.41 Å². The van der Waals surface area contributed by atoms with E-state index in [4.69, 9.17) is 11.6 Å². The number of benzene rings is 2. The predicted molar refractivity (Wildman–Crippen MR) is 115 cm³/mol. The van der Waals surface area contributed by atoms with Crippen LogP contribution in [0.15, 0.2) is 53.9 Å². The van der Waals surface area contributed by atoms with Crippen molar-refractivity contribution in [3.8, 4) is 11.3 Å². The summed E-state index contributed by atoms with van der Waals surface area (Å²) < 4.78 is 0. The molecule has 6 heteroatoms. The van der Waals surface area contributed by atoms with Gasteiger partial charge in [-0.05, 0) is 29.7 Å². The van der Waals surface area contributed by atoms with Gasteiger partial charge in [-0.2, -0.15) is 0 Å². The summed E-state index contributed by atoms with van der Waals surface area (Å²) in [5.41, 5.74) is 3.30. The van der Waals surface area contributed by atoms with Crippen molar-refractivity contribution in [2.45, 2.75) is 31.6 Å². The molecule has 0 spiro atoms. The molecule has 0 saturated heterocycles. The summed E-state index contributed by atoms with van der Waals surface area (Å²) in [6.07, 6.45) is 0.975. The van der Waals surface area contributed by atoms with Crippen molar-refractivity contribution < 1.29 is 9.59 Å². The fourth-order valence-electron chi connectivity index (χ4n) is 4.73. The molecule has 3 unspecified atom stereocenters. The fourth-order valence-corrected chi connectivity index (χ4v) is 5.64. The Morgan fingerprint density at radius 2 is 2.00 bits per heavy atom. The molecule has 29 heavy (non-hydrogen) atoms. The molecule has 2 aromatic carbocycles. The van der Waals surface area contributed by atoms with E-state index in [0.717, 1.165) is 22.4 Å². The molecule has 3 atom stereocenters. The highest BCUT2D eigenvalue weighted by atomic mass is 35.5. The molecule has 0 aliphatic heterocycles. The number of Topliss-reactive ketones (excluding diaryl/α,β-unsaturated/α-hetero) is 1. The minimum Gasteiger partial charge on any atom is -0.301 e. The molecule has 1 N–H and O–H groups in total. The second-order valence-electron chi connectivity index (χ2n) is 8.03. The summed E-state index contributed by atoms with van der Waals surface area (Å²) >= 11 is 7.47. The summed E-state index contributed by atoms with van der Waals surface area (Å²) in [6, 6.07) is 15.5. The lowest BCUT2D eigenvalue weighted by atomic mass is 9.54. The second kappa shape index (κ2) is 6.78. The zero-order chi connectivity index (χ0) is 20.2. The first-order valence-corrected chi connectivity index (χ1v) is 10.9. The Morgan fingerprint density at radius 1 is 1.21 bits per heavy atom. The molecule has 1 amide bonds. The first kappa shape index (κ1) is 18.5. The van der Waals surface area contributed by atoms with E-state index in [0.29, 0.717) is 23.0 Å². The van der Waals surface area contributed by atoms with Crippen LogP contribution in [0.1, 0.15) is 42.7 Å². The van der Waals surface area contributed by atoms with Crippen molar-refractivity contribution in [2.75, 3.05) is 5.32 Å². The largest absolute Gasteiger partial charge is 0.301 e. The molecular formula is C23H19ClN2O2S. The van der Waals surface area contributed by atoms with E-state index in [1.54, 1.807) is 0 Å². The number of carbonyl (C=O) groups excluding carboxylic acids is 2. The molecule has 146 valence electrons. The van der Waals surface area contributed by atoms with Gasteiger partial charge in [0.15, 0.2) is 5.13 Å².